The van der Waals surface area contributed by atoms with Crippen molar-refractivity contribution in [1.29, 1.82) is 0 Å². The molecule has 0 radical (unpaired) electrons. The maximum atomic E-state index is 13.1. The van der Waals surface area contributed by atoms with Crippen molar-refractivity contribution in [3.05, 3.63) is 182 Å². The molecule has 18 heteroatoms. The van der Waals surface area contributed by atoms with Gasteiger partial charge in [0.25, 0.3) is 0 Å². The number of esters is 3. The first kappa shape index (κ1) is 116. The number of allylic oxidation sites excluding steroid dienone is 30. The van der Waals surface area contributed by atoms with E-state index in [4.69, 9.17) is 32.3 Å². The Labute approximate surface area is 738 Å². The predicted octanol–water partition coefficient (Wildman–Crippen LogP) is 30.0. The first-order valence-electron chi connectivity index (χ1n) is 48.1. The molecule has 0 aliphatic carbocycles. The number of unbranched alkanes of at least 4 members (excludes halogenated alkanes) is 37. The quantitative estimate of drug-likeness (QED) is 0.0146. The van der Waals surface area contributed by atoms with Crippen LogP contribution in [0.25, 0.3) is 0 Å². The third-order valence-corrected chi connectivity index (χ3v) is 22.0. The Morgan fingerprint density at radius 1 is 0.231 bits per heavy atom. The van der Waals surface area contributed by atoms with E-state index >= 15 is 0 Å². The van der Waals surface area contributed by atoms with Crippen LogP contribution in [0.3, 0.4) is 0 Å². The van der Waals surface area contributed by atoms with Gasteiger partial charge >= 0.3 is 33.6 Å². The van der Waals surface area contributed by atoms with Crippen molar-refractivity contribution in [1.82, 2.24) is 0 Å². The van der Waals surface area contributed by atoms with Gasteiger partial charge < -0.3 is 34.2 Å². The van der Waals surface area contributed by atoms with E-state index in [0.717, 1.165) is 173 Å². The zero-order chi connectivity index (χ0) is 87.9. The lowest BCUT2D eigenvalue weighted by atomic mass is 10.0. The molecule has 0 bridgehead atoms. The molecule has 16 nitrogen and oxygen atoms in total. The van der Waals surface area contributed by atoms with Gasteiger partial charge in [0.15, 0.2) is 6.10 Å². The molecule has 0 aliphatic rings. The van der Waals surface area contributed by atoms with Crippen LogP contribution in [0.4, 0.5) is 0 Å². The molecule has 0 fully saturated rings. The summed E-state index contributed by atoms with van der Waals surface area (Å²) in [5.41, 5.74) is 0. The number of aliphatic hydroxyl groups is 2. The van der Waals surface area contributed by atoms with Gasteiger partial charge in [0.2, 0.25) is 0 Å². The fourth-order valence-electron chi connectivity index (χ4n) is 12.9. The summed E-state index contributed by atoms with van der Waals surface area (Å²) in [4.78, 5) is 59.1. The third-order valence-electron chi connectivity index (χ3n) is 20.1. The van der Waals surface area contributed by atoms with Crippen LogP contribution in [0.15, 0.2) is 182 Å². The molecule has 692 valence electrons. The van der Waals surface area contributed by atoms with E-state index in [0.29, 0.717) is 19.3 Å². The molecule has 0 saturated carbocycles. The Balaban J connectivity index is 4.56. The fourth-order valence-corrected chi connectivity index (χ4v) is 14.5. The minimum Gasteiger partial charge on any atom is -0.463 e. The topological polar surface area (TPSA) is 231 Å². The van der Waals surface area contributed by atoms with E-state index in [-0.39, 0.29) is 19.3 Å². The molecule has 0 spiro atoms. The highest BCUT2D eigenvalue weighted by molar-refractivity contribution is 7.47. The molecule has 0 aromatic rings. The summed E-state index contributed by atoms with van der Waals surface area (Å²) in [6.45, 7) is 2.37. The summed E-state index contributed by atoms with van der Waals surface area (Å²) in [5.74, 6) is -1.59. The molecule has 0 heterocycles. The largest absolute Gasteiger partial charge is 0.472 e. The number of hydrogen-bond acceptors (Lipinski definition) is 14. The minimum atomic E-state index is -4.95. The molecular formula is C103H174O16P2. The number of rotatable bonds is 90. The monoisotopic (exact) mass is 1730 g/mol. The van der Waals surface area contributed by atoms with Crippen molar-refractivity contribution in [2.75, 3.05) is 39.6 Å². The molecule has 0 rings (SSSR count). The zero-order valence-electron chi connectivity index (χ0n) is 76.4. The molecule has 5 unspecified atom stereocenters. The number of aliphatic hydroxyl groups excluding tert-OH is 2. The minimum absolute atomic E-state index is 0.0785. The summed E-state index contributed by atoms with van der Waals surface area (Å²) in [5, 5.41) is 20.8. The van der Waals surface area contributed by atoms with Crippen molar-refractivity contribution >= 4 is 33.6 Å². The van der Waals surface area contributed by atoms with Gasteiger partial charge in [-0.15, -0.1) is 0 Å². The van der Waals surface area contributed by atoms with Gasteiger partial charge in [-0.3, -0.25) is 32.5 Å². The van der Waals surface area contributed by atoms with Gasteiger partial charge in [0, 0.05) is 19.3 Å². The second kappa shape index (κ2) is 93.8. The van der Waals surface area contributed by atoms with Crippen molar-refractivity contribution in [2.45, 2.75) is 411 Å². The van der Waals surface area contributed by atoms with Crippen LogP contribution >= 0.6 is 15.6 Å². The number of ether oxygens (including phenoxy) is 3. The normalized spacial score (nSPS) is 14.5. The van der Waals surface area contributed by atoms with Crippen molar-refractivity contribution in [3.63, 3.8) is 0 Å². The van der Waals surface area contributed by atoms with Gasteiger partial charge in [-0.2, -0.15) is 0 Å². The van der Waals surface area contributed by atoms with Crippen molar-refractivity contribution < 1.29 is 75.8 Å². The molecular weight excluding hydrogens is 1560 g/mol. The molecule has 0 aromatic heterocycles. The molecule has 0 amide bonds. The Morgan fingerprint density at radius 3 is 0.653 bits per heavy atom. The highest BCUT2D eigenvalue weighted by Crippen LogP contribution is 2.45. The Kier molecular flexibility index (Phi) is 89.6. The van der Waals surface area contributed by atoms with Crippen LogP contribution in [0.5, 0.6) is 0 Å². The first-order chi connectivity index (χ1) is 59.2. The van der Waals surface area contributed by atoms with E-state index in [1.807, 2.05) is 0 Å². The lowest BCUT2D eigenvalue weighted by Gasteiger charge is -2.21. The average molecular weight is 1730 g/mol. The summed E-state index contributed by atoms with van der Waals surface area (Å²) in [6.07, 6.45) is 124. The number of carbonyl (C=O) groups is 3. The number of phosphoric ester groups is 2. The smallest absolute Gasteiger partial charge is 0.463 e. The lowest BCUT2D eigenvalue weighted by molar-refractivity contribution is -0.161. The van der Waals surface area contributed by atoms with Gasteiger partial charge in [-0.05, 0) is 154 Å². The SMILES string of the molecule is CC/C=C\C/C=C\C/C=C\C/C=C\C/C=C\CCCCCCCCCCCCCCCCCCCC(=O)OCC(O)COP(=O)(O)OCC(O)COP(=O)(O)OCC(COC(=O)CCCCCCCCCCCCCCCCC/C=C\C/C=C\C/C=C\C/C=C\C/C=C\CC)OC(=O)CCCCCCC/C=C\C/C=C\C/C=C\C/C=C\C/C=C\CC. The maximum absolute atomic E-state index is 13.1. The van der Waals surface area contributed by atoms with E-state index in [1.165, 1.54) is 161 Å². The van der Waals surface area contributed by atoms with Gasteiger partial charge in [-0.1, -0.05) is 402 Å². The molecule has 4 N–H and O–H groups in total. The summed E-state index contributed by atoms with van der Waals surface area (Å²) < 4.78 is 61.5. The van der Waals surface area contributed by atoms with Gasteiger partial charge in [0.05, 0.1) is 26.4 Å². The van der Waals surface area contributed by atoms with E-state index in [1.54, 1.807) is 0 Å². The Hall–Kier alpha value is -5.35. The van der Waals surface area contributed by atoms with Crippen molar-refractivity contribution in [2.24, 2.45) is 0 Å². The second-order valence-corrected chi connectivity index (χ2v) is 34.6. The molecule has 5 atom stereocenters. The van der Waals surface area contributed by atoms with Crippen LogP contribution < -0.4 is 0 Å². The Bertz CT molecular complexity index is 2930. The molecule has 0 aliphatic heterocycles. The summed E-state index contributed by atoms with van der Waals surface area (Å²) >= 11 is 0. The first-order valence-corrected chi connectivity index (χ1v) is 51.1. The van der Waals surface area contributed by atoms with E-state index < -0.39 is 91.5 Å². The molecule has 0 aromatic carbocycles. The van der Waals surface area contributed by atoms with Gasteiger partial charge in [-0.25, -0.2) is 9.13 Å². The third kappa shape index (κ3) is 95.2. The van der Waals surface area contributed by atoms with E-state index in [2.05, 4.69) is 203 Å². The van der Waals surface area contributed by atoms with Gasteiger partial charge in [0.1, 0.15) is 25.4 Å². The van der Waals surface area contributed by atoms with Crippen LogP contribution in [0.1, 0.15) is 393 Å². The number of phosphoric acid groups is 2. The van der Waals surface area contributed by atoms with Crippen LogP contribution in [-0.4, -0.2) is 95.9 Å². The highest BCUT2D eigenvalue weighted by Gasteiger charge is 2.30. The average Bonchev–Trinajstić information content (AvgIpc) is 0.889. The maximum Gasteiger partial charge on any atom is 0.472 e. The predicted molar refractivity (Wildman–Crippen MR) is 509 cm³/mol. The van der Waals surface area contributed by atoms with Crippen LogP contribution in [0.2, 0.25) is 0 Å². The Morgan fingerprint density at radius 2 is 0.413 bits per heavy atom. The van der Waals surface area contributed by atoms with Crippen LogP contribution in [-0.2, 0) is 55.8 Å². The van der Waals surface area contributed by atoms with Crippen LogP contribution in [0, 0.1) is 0 Å². The van der Waals surface area contributed by atoms with Crippen molar-refractivity contribution in [3.8, 4) is 0 Å². The summed E-state index contributed by atoms with van der Waals surface area (Å²) in [7, 11) is -9.82. The fraction of sp³-hybridized carbons (Fsp3) is 0.680. The number of hydrogen-bond donors (Lipinski definition) is 4. The second-order valence-electron chi connectivity index (χ2n) is 31.7. The summed E-state index contributed by atoms with van der Waals surface area (Å²) in [6, 6.07) is 0. The standard InChI is InChI=1S/C103H174O16P2/c1-4-7-10-13-16-19-22-25-28-31-34-37-39-41-43-45-47-48-50-52-53-55-57-60-62-65-68-71-74-77-80-83-86-89-101(106)113-92-98(104)93-115-120(109,110)116-94-99(105)95-117-121(111,112)118-97-100(119-103(108)91-88-85-82-79-76-73-70-67-64-59-36-33-30-27-24-21-18-15-12-9-6-3)96-114-102(107)90-87-84-81-78-75-72-69-66-63-61-58-56-54-51-49-46-44-42-40-38-35-32-29-26-23-20-17-14-11-8-5-2/h7-12,16-21,25-30,34-38,41-44,59,67,70,98-100,104-105H,4-6,13-15,22-24,31-33,39-40,45-58,60-66,68-69,71-97H2,1-3H3,(H,109,110)(H,111,112)/b10-7-,11-8-,12-9-,19-16-,20-17-,21-18-,28-25-,29-26-,30-27-,37-34-,38-35-,43-41-,44-42-,59-36-,70-67-. The number of carbonyl (C=O) groups excluding carboxylic acids is 3. The lowest BCUT2D eigenvalue weighted by Crippen LogP contribution is -2.30. The highest BCUT2D eigenvalue weighted by atomic mass is 31.2. The molecule has 0 saturated heterocycles. The molecule has 121 heavy (non-hydrogen) atoms. The van der Waals surface area contributed by atoms with E-state index in [9.17, 15) is 43.5 Å². The zero-order valence-corrected chi connectivity index (χ0v) is 78.2.